The van der Waals surface area contributed by atoms with E-state index in [0.717, 1.165) is 31.6 Å². The van der Waals surface area contributed by atoms with Gasteiger partial charge in [-0.2, -0.15) is 0 Å². The van der Waals surface area contributed by atoms with Crippen LogP contribution in [0.15, 0.2) is 18.2 Å². The molecule has 1 aliphatic carbocycles. The third-order valence-corrected chi connectivity index (χ3v) is 4.60. The summed E-state index contributed by atoms with van der Waals surface area (Å²) in [6.07, 6.45) is 1.67. The average Bonchev–Trinajstić information content (AvgIpc) is 3.00. The van der Waals surface area contributed by atoms with Crippen molar-refractivity contribution < 1.29 is 15.1 Å². The third kappa shape index (κ3) is 2.14. The van der Waals surface area contributed by atoms with Crippen molar-refractivity contribution in [2.45, 2.75) is 25.6 Å². The van der Waals surface area contributed by atoms with Gasteiger partial charge in [0.15, 0.2) is 0 Å². The standard InChI is InChI=1S/C14H18N2O4/c17-8-10-5-11(16(19)20)2-3-13(10)15-6-9-1-4-14(18)12(9)7-15/h2-3,5,9,12,14,17-18H,1,4,6-8H2. The second-order valence-electron chi connectivity index (χ2n) is 5.70. The zero-order valence-corrected chi connectivity index (χ0v) is 11.1. The van der Waals surface area contributed by atoms with E-state index in [2.05, 4.69) is 4.90 Å². The third-order valence-electron chi connectivity index (χ3n) is 4.60. The number of benzene rings is 1. The minimum Gasteiger partial charge on any atom is -0.393 e. The highest BCUT2D eigenvalue weighted by molar-refractivity contribution is 5.58. The number of nitro groups is 1. The minimum atomic E-state index is -0.453. The lowest BCUT2D eigenvalue weighted by Crippen LogP contribution is -2.25. The Hall–Kier alpha value is -1.66. The van der Waals surface area contributed by atoms with Gasteiger partial charge in [-0.25, -0.2) is 0 Å². The van der Waals surface area contributed by atoms with E-state index in [-0.39, 0.29) is 24.3 Å². The Kier molecular flexibility index (Phi) is 3.35. The van der Waals surface area contributed by atoms with E-state index in [1.165, 1.54) is 12.1 Å². The molecule has 2 aliphatic rings. The van der Waals surface area contributed by atoms with Crippen LogP contribution in [-0.4, -0.2) is 34.3 Å². The molecule has 108 valence electrons. The molecular formula is C14H18N2O4. The number of non-ortho nitro benzene ring substituents is 1. The van der Waals surface area contributed by atoms with Gasteiger partial charge in [0.05, 0.1) is 17.6 Å². The second kappa shape index (κ2) is 5.03. The Balaban J connectivity index is 1.86. The molecule has 2 fully saturated rings. The van der Waals surface area contributed by atoms with Gasteiger partial charge in [0, 0.05) is 42.4 Å². The molecule has 6 nitrogen and oxygen atoms in total. The molecule has 0 bridgehead atoms. The van der Waals surface area contributed by atoms with Gasteiger partial charge in [-0.1, -0.05) is 0 Å². The largest absolute Gasteiger partial charge is 0.393 e. The molecule has 2 N–H and O–H groups in total. The molecule has 1 saturated heterocycles. The van der Waals surface area contributed by atoms with Crippen molar-refractivity contribution in [2.24, 2.45) is 11.8 Å². The summed E-state index contributed by atoms with van der Waals surface area (Å²) >= 11 is 0. The summed E-state index contributed by atoms with van der Waals surface area (Å²) in [6.45, 7) is 1.40. The highest BCUT2D eigenvalue weighted by Gasteiger charge is 2.42. The number of nitrogens with zero attached hydrogens (tertiary/aromatic N) is 2. The first-order chi connectivity index (χ1) is 9.60. The Bertz CT molecular complexity index is 534. The Morgan fingerprint density at radius 2 is 2.15 bits per heavy atom. The average molecular weight is 278 g/mol. The molecule has 3 rings (SSSR count). The number of nitro benzene ring substituents is 1. The van der Waals surface area contributed by atoms with E-state index in [1.54, 1.807) is 6.07 Å². The van der Waals surface area contributed by atoms with E-state index >= 15 is 0 Å². The van der Waals surface area contributed by atoms with Crippen molar-refractivity contribution in [1.29, 1.82) is 0 Å². The molecular weight excluding hydrogens is 260 g/mol. The molecule has 1 saturated carbocycles. The summed E-state index contributed by atoms with van der Waals surface area (Å²) in [5, 5.41) is 30.2. The normalized spacial score (nSPS) is 28.7. The molecule has 0 spiro atoms. The van der Waals surface area contributed by atoms with Gasteiger partial charge >= 0.3 is 0 Å². The van der Waals surface area contributed by atoms with Gasteiger partial charge in [-0.3, -0.25) is 10.1 Å². The van der Waals surface area contributed by atoms with E-state index in [1.807, 2.05) is 0 Å². The second-order valence-corrected chi connectivity index (χ2v) is 5.70. The Morgan fingerprint density at radius 1 is 1.35 bits per heavy atom. The lowest BCUT2D eigenvalue weighted by atomic mass is 10.00. The van der Waals surface area contributed by atoms with Crippen LogP contribution >= 0.6 is 0 Å². The van der Waals surface area contributed by atoms with Gasteiger partial charge in [0.2, 0.25) is 0 Å². The molecule has 3 atom stereocenters. The van der Waals surface area contributed by atoms with Gasteiger partial charge in [-0.15, -0.1) is 0 Å². The highest BCUT2D eigenvalue weighted by Crippen LogP contribution is 2.41. The first-order valence-electron chi connectivity index (χ1n) is 6.91. The molecule has 0 radical (unpaired) electrons. The summed E-state index contributed by atoms with van der Waals surface area (Å²) in [5.74, 6) is 0.781. The van der Waals surface area contributed by atoms with Crippen molar-refractivity contribution in [3.63, 3.8) is 0 Å². The molecule has 1 aromatic rings. The van der Waals surface area contributed by atoms with E-state index in [9.17, 15) is 20.3 Å². The van der Waals surface area contributed by atoms with Gasteiger partial charge in [-0.05, 0) is 24.8 Å². The molecule has 1 heterocycles. The predicted molar refractivity (Wildman–Crippen MR) is 73.5 cm³/mol. The van der Waals surface area contributed by atoms with Crippen LogP contribution in [0.3, 0.4) is 0 Å². The number of anilines is 1. The predicted octanol–water partition coefficient (Wildman–Crippen LogP) is 1.29. The van der Waals surface area contributed by atoms with Gasteiger partial charge < -0.3 is 15.1 Å². The number of hydrogen-bond acceptors (Lipinski definition) is 5. The van der Waals surface area contributed by atoms with Crippen molar-refractivity contribution in [1.82, 2.24) is 0 Å². The van der Waals surface area contributed by atoms with Crippen LogP contribution in [0.2, 0.25) is 0 Å². The monoisotopic (exact) mass is 278 g/mol. The molecule has 20 heavy (non-hydrogen) atoms. The maximum absolute atomic E-state index is 10.8. The first kappa shape index (κ1) is 13.3. The summed E-state index contributed by atoms with van der Waals surface area (Å²) in [7, 11) is 0. The summed E-state index contributed by atoms with van der Waals surface area (Å²) < 4.78 is 0. The van der Waals surface area contributed by atoms with Crippen LogP contribution in [0.1, 0.15) is 18.4 Å². The molecule has 0 amide bonds. The van der Waals surface area contributed by atoms with Crippen molar-refractivity contribution >= 4 is 11.4 Å². The quantitative estimate of drug-likeness (QED) is 0.642. The number of aliphatic hydroxyl groups is 2. The maximum atomic E-state index is 10.8. The number of hydrogen-bond donors (Lipinski definition) is 2. The fraction of sp³-hybridized carbons (Fsp3) is 0.571. The van der Waals surface area contributed by atoms with Crippen LogP contribution < -0.4 is 4.90 Å². The topological polar surface area (TPSA) is 86.8 Å². The van der Waals surface area contributed by atoms with Crippen LogP contribution in [0, 0.1) is 22.0 Å². The minimum absolute atomic E-state index is 0.00257. The van der Waals surface area contributed by atoms with E-state index in [0.29, 0.717) is 11.5 Å². The zero-order chi connectivity index (χ0) is 14.3. The lowest BCUT2D eigenvalue weighted by Gasteiger charge is -2.22. The maximum Gasteiger partial charge on any atom is 0.269 e. The molecule has 1 aromatic carbocycles. The van der Waals surface area contributed by atoms with Crippen molar-refractivity contribution in [3.05, 3.63) is 33.9 Å². The fourth-order valence-corrected chi connectivity index (χ4v) is 3.55. The highest BCUT2D eigenvalue weighted by atomic mass is 16.6. The van der Waals surface area contributed by atoms with Crippen molar-refractivity contribution in [3.8, 4) is 0 Å². The van der Waals surface area contributed by atoms with Gasteiger partial charge in [0.25, 0.3) is 5.69 Å². The van der Waals surface area contributed by atoms with Gasteiger partial charge in [0.1, 0.15) is 0 Å². The van der Waals surface area contributed by atoms with Crippen molar-refractivity contribution in [2.75, 3.05) is 18.0 Å². The number of fused-ring (bicyclic) bond motifs is 1. The number of rotatable bonds is 3. The Morgan fingerprint density at radius 3 is 2.80 bits per heavy atom. The van der Waals surface area contributed by atoms with Crippen LogP contribution in [0.5, 0.6) is 0 Å². The molecule has 1 aliphatic heterocycles. The smallest absolute Gasteiger partial charge is 0.269 e. The SMILES string of the molecule is O=[N+]([O-])c1ccc(N2CC3CCC(O)C3C2)c(CO)c1. The molecule has 3 unspecified atom stereocenters. The summed E-state index contributed by atoms with van der Waals surface area (Å²) in [5.41, 5.74) is 1.42. The van der Waals surface area contributed by atoms with E-state index in [4.69, 9.17) is 0 Å². The lowest BCUT2D eigenvalue weighted by molar-refractivity contribution is -0.384. The van der Waals surface area contributed by atoms with Crippen LogP contribution in [-0.2, 0) is 6.61 Å². The Labute approximate surface area is 116 Å². The van der Waals surface area contributed by atoms with Crippen LogP contribution in [0.25, 0.3) is 0 Å². The molecule has 0 aromatic heterocycles. The molecule has 6 heteroatoms. The zero-order valence-electron chi connectivity index (χ0n) is 11.1. The first-order valence-corrected chi connectivity index (χ1v) is 6.91. The summed E-state index contributed by atoms with van der Waals surface area (Å²) in [6, 6.07) is 4.61. The fourth-order valence-electron chi connectivity index (χ4n) is 3.55. The summed E-state index contributed by atoms with van der Waals surface area (Å²) in [4.78, 5) is 12.5. The number of aliphatic hydroxyl groups excluding tert-OH is 2. The van der Waals surface area contributed by atoms with Crippen LogP contribution in [0.4, 0.5) is 11.4 Å². The van der Waals surface area contributed by atoms with E-state index < -0.39 is 4.92 Å².